The van der Waals surface area contributed by atoms with Crippen molar-refractivity contribution in [3.63, 3.8) is 0 Å². The van der Waals surface area contributed by atoms with Crippen molar-refractivity contribution in [1.82, 2.24) is 4.98 Å². The number of aromatic nitrogens is 1. The largest absolute Gasteiger partial charge is 0.447 e. The molecule has 1 heterocycles. The number of nitrogens with zero attached hydrogens (tertiary/aromatic N) is 1. The second kappa shape index (κ2) is 3.31. The van der Waals surface area contributed by atoms with Gasteiger partial charge in [0.25, 0.3) is 0 Å². The summed E-state index contributed by atoms with van der Waals surface area (Å²) in [7, 11) is 0. The number of rotatable bonds is 3. The molecule has 4 heteroatoms. The van der Waals surface area contributed by atoms with Gasteiger partial charge in [0.1, 0.15) is 5.01 Å². The zero-order valence-corrected chi connectivity index (χ0v) is 6.22. The first kappa shape index (κ1) is 7.21. The third-order valence-corrected chi connectivity index (χ3v) is 1.96. The molecule has 0 aliphatic heterocycles. The molecule has 0 saturated carbocycles. The van der Waals surface area contributed by atoms with Gasteiger partial charge in [-0.05, 0) is 6.92 Å². The van der Waals surface area contributed by atoms with Crippen LogP contribution in [-0.2, 0) is 9.53 Å². The Hall–Kier alpha value is -0.900. The van der Waals surface area contributed by atoms with Crippen molar-refractivity contribution in [2.45, 2.75) is 13.0 Å². The molecule has 0 spiro atoms. The van der Waals surface area contributed by atoms with E-state index in [0.29, 0.717) is 0 Å². The van der Waals surface area contributed by atoms with Crippen LogP contribution < -0.4 is 0 Å². The zero-order chi connectivity index (χ0) is 7.40. The SMILES string of the molecule is CC(O[C]=O)c1nccs1. The van der Waals surface area contributed by atoms with Crippen LogP contribution in [0.2, 0.25) is 0 Å². The van der Waals surface area contributed by atoms with Gasteiger partial charge in [0.2, 0.25) is 0 Å². The molecule has 0 fully saturated rings. The molecule has 1 unspecified atom stereocenters. The van der Waals surface area contributed by atoms with E-state index in [4.69, 9.17) is 0 Å². The molecular formula is C6H6NO2S. The zero-order valence-electron chi connectivity index (χ0n) is 5.40. The molecule has 53 valence electrons. The lowest BCUT2D eigenvalue weighted by Crippen LogP contribution is -1.96. The van der Waals surface area contributed by atoms with E-state index in [2.05, 4.69) is 9.72 Å². The number of thiazole rings is 1. The van der Waals surface area contributed by atoms with Crippen molar-refractivity contribution in [2.75, 3.05) is 0 Å². The molecular weight excluding hydrogens is 150 g/mol. The average molecular weight is 156 g/mol. The third kappa shape index (κ3) is 1.54. The van der Waals surface area contributed by atoms with Gasteiger partial charge in [0.15, 0.2) is 6.10 Å². The van der Waals surface area contributed by atoms with E-state index in [0.717, 1.165) is 5.01 Å². The molecule has 0 aromatic carbocycles. The molecule has 0 aliphatic carbocycles. The monoisotopic (exact) mass is 156 g/mol. The predicted octanol–water partition coefficient (Wildman–Crippen LogP) is 1.29. The average Bonchev–Trinajstić information content (AvgIpc) is 2.38. The molecule has 0 N–H and O–H groups in total. The van der Waals surface area contributed by atoms with Crippen molar-refractivity contribution in [3.05, 3.63) is 16.6 Å². The van der Waals surface area contributed by atoms with E-state index in [-0.39, 0.29) is 6.10 Å². The van der Waals surface area contributed by atoms with Gasteiger partial charge < -0.3 is 4.74 Å². The van der Waals surface area contributed by atoms with E-state index in [1.54, 1.807) is 13.1 Å². The van der Waals surface area contributed by atoms with Crippen molar-refractivity contribution in [2.24, 2.45) is 0 Å². The smallest absolute Gasteiger partial charge is 0.418 e. The Bertz CT molecular complexity index is 198. The number of hydrogen-bond donors (Lipinski definition) is 0. The second-order valence-electron chi connectivity index (χ2n) is 1.71. The molecule has 0 saturated heterocycles. The highest BCUT2D eigenvalue weighted by atomic mass is 32.1. The standard InChI is InChI=1S/C6H6NO2S/c1-5(9-4-8)6-7-2-3-10-6/h2-3,5H,1H3. The lowest BCUT2D eigenvalue weighted by atomic mass is 10.4. The summed E-state index contributed by atoms with van der Waals surface area (Å²) < 4.78 is 4.53. The third-order valence-electron chi connectivity index (χ3n) is 1.02. The Balaban J connectivity index is 2.58. The van der Waals surface area contributed by atoms with Gasteiger partial charge in [-0.1, -0.05) is 0 Å². The fourth-order valence-corrected chi connectivity index (χ4v) is 1.18. The van der Waals surface area contributed by atoms with Crippen molar-refractivity contribution in [1.29, 1.82) is 0 Å². The Morgan fingerprint density at radius 1 is 1.90 bits per heavy atom. The molecule has 1 radical (unpaired) electrons. The van der Waals surface area contributed by atoms with Gasteiger partial charge in [-0.3, -0.25) is 0 Å². The summed E-state index contributed by atoms with van der Waals surface area (Å²) in [5.41, 5.74) is 0. The first-order chi connectivity index (χ1) is 4.84. The molecule has 1 aromatic heterocycles. The Kier molecular flexibility index (Phi) is 2.39. The normalized spacial score (nSPS) is 12.5. The minimum Gasteiger partial charge on any atom is -0.447 e. The summed E-state index contributed by atoms with van der Waals surface area (Å²) in [5.74, 6) is 0. The highest BCUT2D eigenvalue weighted by Crippen LogP contribution is 2.17. The van der Waals surface area contributed by atoms with Crippen LogP contribution in [0.3, 0.4) is 0 Å². The van der Waals surface area contributed by atoms with E-state index >= 15 is 0 Å². The maximum absolute atomic E-state index is 9.74. The summed E-state index contributed by atoms with van der Waals surface area (Å²) in [6, 6.07) is 0. The van der Waals surface area contributed by atoms with E-state index in [1.165, 1.54) is 17.8 Å². The van der Waals surface area contributed by atoms with Crippen molar-refractivity contribution >= 4 is 17.8 Å². The van der Waals surface area contributed by atoms with E-state index < -0.39 is 0 Å². The summed E-state index contributed by atoms with van der Waals surface area (Å²) in [4.78, 5) is 13.7. The summed E-state index contributed by atoms with van der Waals surface area (Å²) in [5, 5.41) is 2.63. The van der Waals surface area contributed by atoms with Gasteiger partial charge >= 0.3 is 6.47 Å². The van der Waals surface area contributed by atoms with Gasteiger partial charge in [-0.25, -0.2) is 9.78 Å². The highest BCUT2D eigenvalue weighted by molar-refractivity contribution is 7.09. The van der Waals surface area contributed by atoms with E-state index in [9.17, 15) is 4.79 Å². The Labute approximate surface area is 62.7 Å². The van der Waals surface area contributed by atoms with Crippen LogP contribution >= 0.6 is 11.3 Å². The molecule has 3 nitrogen and oxygen atoms in total. The molecule has 10 heavy (non-hydrogen) atoms. The van der Waals surface area contributed by atoms with Crippen LogP contribution in [0.1, 0.15) is 18.0 Å². The molecule has 1 atom stereocenters. The van der Waals surface area contributed by atoms with Crippen LogP contribution in [0.4, 0.5) is 0 Å². The van der Waals surface area contributed by atoms with Crippen LogP contribution in [0, 0.1) is 0 Å². The van der Waals surface area contributed by atoms with Crippen LogP contribution in [0.5, 0.6) is 0 Å². The fourth-order valence-electron chi connectivity index (χ4n) is 0.558. The molecule has 0 amide bonds. The van der Waals surface area contributed by atoms with Crippen LogP contribution in [-0.4, -0.2) is 11.5 Å². The lowest BCUT2D eigenvalue weighted by Gasteiger charge is -2.02. The van der Waals surface area contributed by atoms with Gasteiger partial charge in [-0.2, -0.15) is 0 Å². The highest BCUT2D eigenvalue weighted by Gasteiger charge is 2.07. The summed E-state index contributed by atoms with van der Waals surface area (Å²) in [6.45, 7) is 3.13. The van der Waals surface area contributed by atoms with Gasteiger partial charge in [0.05, 0.1) is 0 Å². The molecule has 1 aromatic rings. The predicted molar refractivity (Wildman–Crippen MR) is 37.3 cm³/mol. The summed E-state index contributed by atoms with van der Waals surface area (Å²) in [6.07, 6.45) is 1.41. The topological polar surface area (TPSA) is 39.2 Å². The first-order valence-electron chi connectivity index (χ1n) is 2.76. The number of hydrogen-bond acceptors (Lipinski definition) is 4. The van der Waals surface area contributed by atoms with Crippen LogP contribution in [0.25, 0.3) is 0 Å². The van der Waals surface area contributed by atoms with Crippen molar-refractivity contribution in [3.8, 4) is 0 Å². The quantitative estimate of drug-likeness (QED) is 0.661. The minimum absolute atomic E-state index is 0.266. The Morgan fingerprint density at radius 2 is 2.70 bits per heavy atom. The maximum atomic E-state index is 9.74. The molecule has 0 aliphatic rings. The van der Waals surface area contributed by atoms with Crippen LogP contribution in [0.15, 0.2) is 11.6 Å². The number of ether oxygens (including phenoxy) is 1. The molecule has 1 rings (SSSR count). The maximum Gasteiger partial charge on any atom is 0.418 e. The second-order valence-corrected chi connectivity index (χ2v) is 2.64. The number of carbonyl (C=O) groups excluding carboxylic acids is 1. The van der Waals surface area contributed by atoms with Crippen molar-refractivity contribution < 1.29 is 9.53 Å². The van der Waals surface area contributed by atoms with Gasteiger partial charge in [-0.15, -0.1) is 11.3 Å². The first-order valence-corrected chi connectivity index (χ1v) is 3.64. The summed E-state index contributed by atoms with van der Waals surface area (Å²) >= 11 is 1.46. The molecule has 0 bridgehead atoms. The Morgan fingerprint density at radius 3 is 3.20 bits per heavy atom. The van der Waals surface area contributed by atoms with E-state index in [1.807, 2.05) is 5.38 Å². The minimum atomic E-state index is -0.266. The lowest BCUT2D eigenvalue weighted by molar-refractivity contribution is 0.197. The fraction of sp³-hybridized carbons (Fsp3) is 0.333. The van der Waals surface area contributed by atoms with Gasteiger partial charge in [0, 0.05) is 11.6 Å².